The van der Waals surface area contributed by atoms with Crippen molar-refractivity contribution < 1.29 is 23.1 Å². The van der Waals surface area contributed by atoms with Crippen LogP contribution in [0.2, 0.25) is 5.02 Å². The van der Waals surface area contributed by atoms with Gasteiger partial charge in [0, 0.05) is 18.2 Å². The van der Waals surface area contributed by atoms with Gasteiger partial charge in [-0.15, -0.1) is 0 Å². The minimum absolute atomic E-state index is 0.0191. The van der Waals surface area contributed by atoms with Crippen molar-refractivity contribution >= 4 is 40.1 Å². The fraction of sp³-hybridized carbons (Fsp3) is 0.364. The van der Waals surface area contributed by atoms with Gasteiger partial charge in [-0.05, 0) is 43.7 Å². The Balaban J connectivity index is 1.43. The van der Waals surface area contributed by atoms with Gasteiger partial charge in [0.2, 0.25) is 5.95 Å². The molecule has 5 rings (SSSR count). The maximum absolute atomic E-state index is 14.6. The third-order valence-corrected chi connectivity index (χ3v) is 6.50. The van der Waals surface area contributed by atoms with Gasteiger partial charge < -0.3 is 15.0 Å². The van der Waals surface area contributed by atoms with Crippen LogP contribution >= 0.6 is 11.6 Å². The average Bonchev–Trinajstić information content (AvgIpc) is 3.20. The lowest BCUT2D eigenvalue weighted by atomic mass is 10.0. The standard InChI is InChI=1S/C22H22ClF3N6O2/c23-15-6-12(3-4-16(15)24)32(33)21(27)14-7-17(25)18(26)20-19(14)29-22(30-20)28-11-2-1-5-31(8-11)13-9-34-10-13/h3-4,6-7,11,13,27,33H,1-2,5,8-10H2,(H2,28,29,30)/t11-/m1/s1. The molecule has 0 spiro atoms. The molecule has 1 aromatic heterocycles. The van der Waals surface area contributed by atoms with Gasteiger partial charge in [0.15, 0.2) is 17.5 Å². The van der Waals surface area contributed by atoms with E-state index in [9.17, 15) is 18.4 Å². The predicted molar refractivity (Wildman–Crippen MR) is 121 cm³/mol. The van der Waals surface area contributed by atoms with E-state index in [-0.39, 0.29) is 39.3 Å². The zero-order chi connectivity index (χ0) is 24.0. The average molecular weight is 495 g/mol. The summed E-state index contributed by atoms with van der Waals surface area (Å²) in [5.74, 6) is -3.42. The van der Waals surface area contributed by atoms with Gasteiger partial charge in [0.1, 0.15) is 11.3 Å². The van der Waals surface area contributed by atoms with Gasteiger partial charge in [-0.1, -0.05) is 11.6 Å². The summed E-state index contributed by atoms with van der Waals surface area (Å²) in [6.07, 6.45) is 1.86. The van der Waals surface area contributed by atoms with Crippen LogP contribution in [0.5, 0.6) is 0 Å². The molecule has 0 unspecified atom stereocenters. The third kappa shape index (κ3) is 4.20. The molecular formula is C22H22ClF3N6O2. The van der Waals surface area contributed by atoms with Crippen LogP contribution in [0, 0.1) is 22.9 Å². The summed E-state index contributed by atoms with van der Waals surface area (Å²) in [7, 11) is 0. The number of fused-ring (bicyclic) bond motifs is 1. The van der Waals surface area contributed by atoms with E-state index in [0.717, 1.165) is 44.1 Å². The van der Waals surface area contributed by atoms with Crippen molar-refractivity contribution in [1.82, 2.24) is 14.9 Å². The van der Waals surface area contributed by atoms with E-state index in [2.05, 4.69) is 20.2 Å². The molecule has 0 bridgehead atoms. The number of piperidine rings is 1. The molecule has 8 nitrogen and oxygen atoms in total. The number of nitrogens with one attached hydrogen (secondary N) is 3. The number of H-pyrrole nitrogens is 1. The number of likely N-dealkylation sites (tertiary alicyclic amines) is 1. The number of halogens is 4. The second-order valence-corrected chi connectivity index (χ2v) is 8.86. The number of anilines is 2. The first kappa shape index (κ1) is 22.9. The van der Waals surface area contributed by atoms with Crippen molar-refractivity contribution in [2.24, 2.45) is 0 Å². The van der Waals surface area contributed by atoms with Crippen LogP contribution in [0.3, 0.4) is 0 Å². The first-order valence-corrected chi connectivity index (χ1v) is 11.2. The van der Waals surface area contributed by atoms with Gasteiger partial charge in [-0.25, -0.2) is 23.2 Å². The van der Waals surface area contributed by atoms with Crippen LogP contribution in [0.4, 0.5) is 24.8 Å². The molecule has 0 radical (unpaired) electrons. The van der Waals surface area contributed by atoms with Crippen molar-refractivity contribution in [1.29, 1.82) is 5.41 Å². The molecule has 1 atom stereocenters. The number of benzene rings is 2. The van der Waals surface area contributed by atoms with E-state index in [1.165, 1.54) is 6.07 Å². The highest BCUT2D eigenvalue weighted by atomic mass is 35.5. The summed E-state index contributed by atoms with van der Waals surface area (Å²) in [6.45, 7) is 3.17. The van der Waals surface area contributed by atoms with E-state index in [4.69, 9.17) is 21.7 Å². The molecule has 180 valence electrons. The number of aromatic nitrogens is 2. The fourth-order valence-corrected chi connectivity index (χ4v) is 4.48. The second-order valence-electron chi connectivity index (χ2n) is 8.46. The molecule has 2 aromatic carbocycles. The molecule has 2 aliphatic heterocycles. The van der Waals surface area contributed by atoms with Crippen molar-refractivity contribution in [2.45, 2.75) is 24.9 Å². The number of hydrogen-bond donors (Lipinski definition) is 4. The lowest BCUT2D eigenvalue weighted by Crippen LogP contribution is -2.54. The second kappa shape index (κ2) is 9.06. The molecule has 2 saturated heterocycles. The van der Waals surface area contributed by atoms with Gasteiger partial charge in [-0.2, -0.15) is 0 Å². The maximum Gasteiger partial charge on any atom is 0.201 e. The Kier molecular flexibility index (Phi) is 6.11. The minimum Gasteiger partial charge on any atom is -0.378 e. The smallest absolute Gasteiger partial charge is 0.201 e. The predicted octanol–water partition coefficient (Wildman–Crippen LogP) is 4.13. The number of nitrogens with zero attached hydrogens (tertiary/aromatic N) is 3. The zero-order valence-electron chi connectivity index (χ0n) is 17.9. The number of amidine groups is 1. The van der Waals surface area contributed by atoms with Crippen molar-refractivity contribution in [3.63, 3.8) is 0 Å². The number of rotatable bonds is 5. The molecule has 0 amide bonds. The van der Waals surface area contributed by atoms with Gasteiger partial charge in [0.25, 0.3) is 0 Å². The number of ether oxygens (including phenoxy) is 1. The molecule has 0 saturated carbocycles. The number of imidazole rings is 1. The Morgan fingerprint density at radius 1 is 1.26 bits per heavy atom. The van der Waals surface area contributed by atoms with Crippen LogP contribution in [0.25, 0.3) is 11.0 Å². The summed E-state index contributed by atoms with van der Waals surface area (Å²) >= 11 is 5.76. The molecule has 2 aliphatic rings. The topological polar surface area (TPSA) is 100 Å². The van der Waals surface area contributed by atoms with Crippen molar-refractivity contribution in [3.8, 4) is 0 Å². The van der Waals surface area contributed by atoms with Gasteiger partial charge >= 0.3 is 0 Å². The highest BCUT2D eigenvalue weighted by molar-refractivity contribution is 6.31. The maximum atomic E-state index is 14.6. The monoisotopic (exact) mass is 494 g/mol. The van der Waals surface area contributed by atoms with Gasteiger partial charge in [-0.3, -0.25) is 15.5 Å². The molecular weight excluding hydrogens is 473 g/mol. The van der Waals surface area contributed by atoms with Gasteiger partial charge in [0.05, 0.1) is 35.5 Å². The van der Waals surface area contributed by atoms with Crippen LogP contribution in [0.15, 0.2) is 24.3 Å². The Labute approximate surface area is 197 Å². The highest BCUT2D eigenvalue weighted by Gasteiger charge is 2.31. The molecule has 3 aromatic rings. The van der Waals surface area contributed by atoms with Crippen molar-refractivity contribution in [3.05, 3.63) is 52.3 Å². The highest BCUT2D eigenvalue weighted by Crippen LogP contribution is 2.29. The van der Waals surface area contributed by atoms with E-state index in [1.54, 1.807) is 0 Å². The quantitative estimate of drug-likeness (QED) is 0.242. The number of aromatic amines is 1. The molecule has 3 heterocycles. The summed E-state index contributed by atoms with van der Waals surface area (Å²) in [6, 6.07) is 4.58. The Bertz CT molecular complexity index is 1250. The lowest BCUT2D eigenvalue weighted by molar-refractivity contribution is -0.0710. The number of hydrogen-bond acceptors (Lipinski definition) is 6. The summed E-state index contributed by atoms with van der Waals surface area (Å²) in [5.41, 5.74) is -0.407. The summed E-state index contributed by atoms with van der Waals surface area (Å²) in [4.78, 5) is 9.44. The van der Waals surface area contributed by atoms with Crippen LogP contribution in [-0.2, 0) is 4.74 Å². The van der Waals surface area contributed by atoms with Crippen LogP contribution < -0.4 is 10.4 Å². The number of hydroxylamine groups is 1. The molecule has 2 fully saturated rings. The summed E-state index contributed by atoms with van der Waals surface area (Å²) < 4.78 is 47.7. The molecule has 0 aliphatic carbocycles. The Morgan fingerprint density at radius 2 is 2.06 bits per heavy atom. The van der Waals surface area contributed by atoms with Crippen LogP contribution in [-0.4, -0.2) is 64.3 Å². The van der Waals surface area contributed by atoms with E-state index < -0.39 is 23.3 Å². The fourth-order valence-electron chi connectivity index (χ4n) is 4.30. The van der Waals surface area contributed by atoms with Crippen molar-refractivity contribution in [2.75, 3.05) is 36.7 Å². The van der Waals surface area contributed by atoms with E-state index in [1.807, 2.05) is 0 Å². The SMILES string of the molecule is N=C(c1cc(F)c(F)c2nc(N[C@@H]3CCCN(C4COC4)C3)[nH]c12)N(O)c1ccc(F)c(Cl)c1. The van der Waals surface area contributed by atoms with E-state index >= 15 is 0 Å². The Morgan fingerprint density at radius 3 is 2.76 bits per heavy atom. The largest absolute Gasteiger partial charge is 0.378 e. The normalized spacial score (nSPS) is 19.3. The molecule has 12 heteroatoms. The van der Waals surface area contributed by atoms with Crippen LogP contribution in [0.1, 0.15) is 18.4 Å². The zero-order valence-corrected chi connectivity index (χ0v) is 18.7. The minimum atomic E-state index is -1.22. The third-order valence-electron chi connectivity index (χ3n) is 6.21. The Hall–Kier alpha value is -2.86. The summed E-state index contributed by atoms with van der Waals surface area (Å²) in [5, 5.41) is 22.3. The lowest BCUT2D eigenvalue weighted by Gasteiger charge is -2.42. The molecule has 34 heavy (non-hydrogen) atoms. The molecule has 4 N–H and O–H groups in total. The van der Waals surface area contributed by atoms with E-state index in [0.29, 0.717) is 24.3 Å². The first-order valence-electron chi connectivity index (χ1n) is 10.8. The first-order chi connectivity index (χ1) is 16.3.